The predicted octanol–water partition coefficient (Wildman–Crippen LogP) is 3.17. The van der Waals surface area contributed by atoms with Gasteiger partial charge in [-0.3, -0.25) is 4.98 Å². The Bertz CT molecular complexity index is 805. The van der Waals surface area contributed by atoms with E-state index in [1.54, 1.807) is 44.2 Å². The van der Waals surface area contributed by atoms with E-state index in [1.807, 2.05) is 36.5 Å². The molecule has 3 aromatic rings. The number of ether oxygens (including phenoxy) is 1. The standard InChI is InChI=1S/C18H19N3O2/c1-18(2,22)14-9-13(11-19-12-14)16-6-5-15(23-3)10-17(16)21-8-4-7-20-21/h4-12,22H,1-3H3. The molecule has 0 bridgehead atoms. The first-order chi connectivity index (χ1) is 11.0. The molecule has 0 fully saturated rings. The second-order valence-corrected chi connectivity index (χ2v) is 5.86. The molecule has 3 rings (SSSR count). The number of aromatic nitrogens is 3. The van der Waals surface area contributed by atoms with E-state index in [1.165, 1.54) is 0 Å². The molecule has 0 unspecified atom stereocenters. The van der Waals surface area contributed by atoms with Gasteiger partial charge in [0.25, 0.3) is 0 Å². The first-order valence-corrected chi connectivity index (χ1v) is 7.35. The fraction of sp³-hybridized carbons (Fsp3) is 0.222. The molecule has 2 aromatic heterocycles. The first-order valence-electron chi connectivity index (χ1n) is 7.35. The number of nitrogens with zero attached hydrogens (tertiary/aromatic N) is 3. The minimum atomic E-state index is -0.943. The Kier molecular flexibility index (Phi) is 3.88. The Morgan fingerprint density at radius 2 is 2.00 bits per heavy atom. The van der Waals surface area contributed by atoms with Crippen LogP contribution in [0.4, 0.5) is 0 Å². The zero-order valence-electron chi connectivity index (χ0n) is 13.4. The van der Waals surface area contributed by atoms with E-state index in [0.29, 0.717) is 0 Å². The molecule has 0 amide bonds. The monoisotopic (exact) mass is 309 g/mol. The molecular weight excluding hydrogens is 290 g/mol. The molecule has 0 saturated carbocycles. The van der Waals surface area contributed by atoms with Crippen LogP contribution >= 0.6 is 0 Å². The maximum Gasteiger partial charge on any atom is 0.121 e. The Balaban J connectivity index is 2.17. The minimum absolute atomic E-state index is 0.755. The molecule has 1 N–H and O–H groups in total. The fourth-order valence-corrected chi connectivity index (χ4v) is 2.41. The minimum Gasteiger partial charge on any atom is -0.497 e. The van der Waals surface area contributed by atoms with Crippen molar-refractivity contribution >= 4 is 0 Å². The van der Waals surface area contributed by atoms with E-state index in [0.717, 1.165) is 28.1 Å². The van der Waals surface area contributed by atoms with Crippen LogP contribution in [0.15, 0.2) is 55.1 Å². The van der Waals surface area contributed by atoms with Crippen molar-refractivity contribution in [3.05, 3.63) is 60.7 Å². The number of rotatable bonds is 4. The quantitative estimate of drug-likeness (QED) is 0.804. The van der Waals surface area contributed by atoms with Gasteiger partial charge in [0.2, 0.25) is 0 Å². The van der Waals surface area contributed by atoms with Crippen LogP contribution in [-0.2, 0) is 5.60 Å². The van der Waals surface area contributed by atoms with Gasteiger partial charge < -0.3 is 9.84 Å². The third kappa shape index (κ3) is 3.10. The molecule has 0 radical (unpaired) electrons. The van der Waals surface area contributed by atoms with Gasteiger partial charge in [-0.25, -0.2) is 4.68 Å². The van der Waals surface area contributed by atoms with E-state index in [4.69, 9.17) is 4.74 Å². The van der Waals surface area contributed by atoms with Crippen LogP contribution < -0.4 is 4.74 Å². The molecule has 5 nitrogen and oxygen atoms in total. The lowest BCUT2D eigenvalue weighted by Gasteiger charge is -2.19. The molecule has 0 atom stereocenters. The Morgan fingerprint density at radius 3 is 2.65 bits per heavy atom. The van der Waals surface area contributed by atoms with Gasteiger partial charge in [0.1, 0.15) is 5.75 Å². The number of pyridine rings is 1. The molecule has 0 aliphatic carbocycles. The summed E-state index contributed by atoms with van der Waals surface area (Å²) in [5, 5.41) is 14.5. The number of hydrogen-bond acceptors (Lipinski definition) is 4. The highest BCUT2D eigenvalue weighted by atomic mass is 16.5. The van der Waals surface area contributed by atoms with Gasteiger partial charge in [-0.05, 0) is 38.1 Å². The first kappa shape index (κ1) is 15.2. The largest absolute Gasteiger partial charge is 0.497 e. The second kappa shape index (κ2) is 5.85. The highest BCUT2D eigenvalue weighted by Crippen LogP contribution is 2.31. The van der Waals surface area contributed by atoms with Crippen molar-refractivity contribution in [2.24, 2.45) is 0 Å². The molecule has 0 spiro atoms. The third-order valence-electron chi connectivity index (χ3n) is 3.71. The van der Waals surface area contributed by atoms with Crippen LogP contribution in [0.25, 0.3) is 16.8 Å². The topological polar surface area (TPSA) is 60.2 Å². The molecule has 2 heterocycles. The molecule has 5 heteroatoms. The highest BCUT2D eigenvalue weighted by Gasteiger charge is 2.18. The molecule has 0 aliphatic heterocycles. The number of hydrogen-bond donors (Lipinski definition) is 1. The van der Waals surface area contributed by atoms with Crippen LogP contribution in [0.1, 0.15) is 19.4 Å². The Morgan fingerprint density at radius 1 is 1.17 bits per heavy atom. The zero-order chi connectivity index (χ0) is 16.4. The summed E-state index contributed by atoms with van der Waals surface area (Å²) >= 11 is 0. The van der Waals surface area contributed by atoms with Gasteiger partial charge in [0, 0.05) is 47.5 Å². The SMILES string of the molecule is COc1ccc(-c2cncc(C(C)(C)O)c2)c(-n2cccn2)c1. The lowest BCUT2D eigenvalue weighted by Crippen LogP contribution is -2.15. The summed E-state index contributed by atoms with van der Waals surface area (Å²) in [6.07, 6.45) is 7.07. The predicted molar refractivity (Wildman–Crippen MR) is 88.6 cm³/mol. The number of benzene rings is 1. The average Bonchev–Trinajstić information content (AvgIpc) is 3.08. The van der Waals surface area contributed by atoms with E-state index in [9.17, 15) is 5.11 Å². The van der Waals surface area contributed by atoms with Crippen molar-refractivity contribution in [1.29, 1.82) is 0 Å². The lowest BCUT2D eigenvalue weighted by atomic mass is 9.96. The Labute approximate surface area is 135 Å². The maximum atomic E-state index is 10.2. The molecule has 0 saturated heterocycles. The van der Waals surface area contributed by atoms with Crippen LogP contribution in [0.5, 0.6) is 5.75 Å². The van der Waals surface area contributed by atoms with Crippen LogP contribution in [0.2, 0.25) is 0 Å². The van der Waals surface area contributed by atoms with E-state index in [2.05, 4.69) is 10.1 Å². The zero-order valence-corrected chi connectivity index (χ0v) is 13.4. The summed E-state index contributed by atoms with van der Waals surface area (Å²) < 4.78 is 7.11. The van der Waals surface area contributed by atoms with Crippen LogP contribution in [0, 0.1) is 0 Å². The summed E-state index contributed by atoms with van der Waals surface area (Å²) in [5.41, 5.74) is 2.59. The molecule has 23 heavy (non-hydrogen) atoms. The van der Waals surface area contributed by atoms with E-state index < -0.39 is 5.60 Å². The van der Waals surface area contributed by atoms with Crippen molar-refractivity contribution < 1.29 is 9.84 Å². The van der Waals surface area contributed by atoms with Crippen LogP contribution in [-0.4, -0.2) is 27.0 Å². The van der Waals surface area contributed by atoms with Gasteiger partial charge in [0.15, 0.2) is 0 Å². The van der Waals surface area contributed by atoms with Gasteiger partial charge in [-0.1, -0.05) is 0 Å². The second-order valence-electron chi connectivity index (χ2n) is 5.86. The molecule has 118 valence electrons. The number of methoxy groups -OCH3 is 1. The van der Waals surface area contributed by atoms with E-state index >= 15 is 0 Å². The van der Waals surface area contributed by atoms with E-state index in [-0.39, 0.29) is 0 Å². The average molecular weight is 309 g/mol. The lowest BCUT2D eigenvalue weighted by molar-refractivity contribution is 0.0783. The summed E-state index contributed by atoms with van der Waals surface area (Å²) in [4.78, 5) is 4.27. The van der Waals surface area contributed by atoms with Crippen molar-refractivity contribution in [2.75, 3.05) is 7.11 Å². The normalized spacial score (nSPS) is 11.5. The summed E-state index contributed by atoms with van der Waals surface area (Å²) in [7, 11) is 1.64. The number of aliphatic hydroxyl groups is 1. The molecule has 0 aliphatic rings. The van der Waals surface area contributed by atoms with Gasteiger partial charge in [-0.2, -0.15) is 5.10 Å². The smallest absolute Gasteiger partial charge is 0.121 e. The van der Waals surface area contributed by atoms with Crippen molar-refractivity contribution in [3.8, 4) is 22.6 Å². The Hall–Kier alpha value is -2.66. The highest BCUT2D eigenvalue weighted by molar-refractivity contribution is 5.74. The van der Waals surface area contributed by atoms with Gasteiger partial charge in [-0.15, -0.1) is 0 Å². The molecule has 1 aromatic carbocycles. The van der Waals surface area contributed by atoms with Gasteiger partial charge >= 0.3 is 0 Å². The summed E-state index contributed by atoms with van der Waals surface area (Å²) in [6, 6.07) is 9.62. The molecular formula is C18H19N3O2. The summed E-state index contributed by atoms with van der Waals surface area (Å²) in [5.74, 6) is 0.755. The van der Waals surface area contributed by atoms with Crippen molar-refractivity contribution in [2.45, 2.75) is 19.4 Å². The van der Waals surface area contributed by atoms with Crippen molar-refractivity contribution in [3.63, 3.8) is 0 Å². The summed E-state index contributed by atoms with van der Waals surface area (Å²) in [6.45, 7) is 3.49. The third-order valence-corrected chi connectivity index (χ3v) is 3.71. The maximum absolute atomic E-state index is 10.2. The van der Waals surface area contributed by atoms with Crippen molar-refractivity contribution in [1.82, 2.24) is 14.8 Å². The van der Waals surface area contributed by atoms with Gasteiger partial charge in [0.05, 0.1) is 18.4 Å². The fourth-order valence-electron chi connectivity index (χ4n) is 2.41. The van der Waals surface area contributed by atoms with Crippen LogP contribution in [0.3, 0.4) is 0 Å².